The van der Waals surface area contributed by atoms with E-state index >= 15 is 0 Å². The van der Waals surface area contributed by atoms with Gasteiger partial charge < -0.3 is 5.32 Å². The van der Waals surface area contributed by atoms with Gasteiger partial charge in [0, 0.05) is 25.9 Å². The Bertz CT molecular complexity index is 794. The van der Waals surface area contributed by atoms with Crippen LogP contribution in [0.1, 0.15) is 0 Å². The summed E-state index contributed by atoms with van der Waals surface area (Å²) in [5.74, 6) is 0.752. The first-order chi connectivity index (χ1) is 9.65. The van der Waals surface area contributed by atoms with Crippen molar-refractivity contribution < 1.29 is 0 Å². The molecule has 0 saturated carbocycles. The smallest absolute Gasteiger partial charge is 0.141 e. The van der Waals surface area contributed by atoms with Crippen molar-refractivity contribution in [2.24, 2.45) is 0 Å². The lowest BCUT2D eigenvalue weighted by Crippen LogP contribution is -2.04. The predicted octanol–water partition coefficient (Wildman–Crippen LogP) is 4.29. The van der Waals surface area contributed by atoms with Crippen LogP contribution in [0.4, 0.5) is 11.5 Å². The molecular weight excluding hydrogens is 357 g/mol. The van der Waals surface area contributed by atoms with E-state index in [-0.39, 0.29) is 0 Å². The summed E-state index contributed by atoms with van der Waals surface area (Å²) < 4.78 is 0.986. The normalized spacial score (nSPS) is 10.8. The van der Waals surface area contributed by atoms with Crippen LogP contribution in [0.15, 0.2) is 47.2 Å². The Balaban J connectivity index is 2.11. The molecule has 1 atom stereocenters. The molecule has 1 aromatic heterocycles. The number of nitrogens with zero attached hydrogens (tertiary/aromatic N) is 2. The zero-order valence-electron chi connectivity index (χ0n) is 10.3. The fourth-order valence-corrected chi connectivity index (χ4v) is 2.70. The van der Waals surface area contributed by atoms with Crippen LogP contribution < -0.4 is 10.6 Å². The molecule has 0 saturated heterocycles. The van der Waals surface area contributed by atoms with Crippen LogP contribution in [0.25, 0.3) is 10.9 Å². The number of rotatable bonds is 2. The van der Waals surface area contributed by atoms with Gasteiger partial charge in [-0.1, -0.05) is 33.6 Å². The van der Waals surface area contributed by atoms with E-state index in [1.165, 1.54) is 0 Å². The SMILES string of the molecule is Pc1c(Cl)cccc1Nc1ncnc2ccc(Br)cc12. The number of halogens is 2. The Hall–Kier alpha value is -1.22. The van der Waals surface area contributed by atoms with E-state index in [4.69, 9.17) is 11.6 Å². The molecule has 6 heteroatoms. The molecule has 0 fully saturated rings. The van der Waals surface area contributed by atoms with Gasteiger partial charge in [-0.3, -0.25) is 0 Å². The Labute approximate surface area is 132 Å². The van der Waals surface area contributed by atoms with Crippen molar-refractivity contribution in [3.05, 3.63) is 52.2 Å². The van der Waals surface area contributed by atoms with E-state index in [1.807, 2.05) is 36.4 Å². The number of hydrogen-bond acceptors (Lipinski definition) is 3. The molecule has 3 rings (SSSR count). The number of hydrogen-bond donors (Lipinski definition) is 1. The zero-order chi connectivity index (χ0) is 14.1. The fourth-order valence-electron chi connectivity index (χ4n) is 1.90. The molecule has 0 aliphatic carbocycles. The molecule has 0 spiro atoms. The maximum absolute atomic E-state index is 6.12. The van der Waals surface area contributed by atoms with Crippen molar-refractivity contribution >= 4 is 64.5 Å². The average molecular weight is 367 g/mol. The van der Waals surface area contributed by atoms with Crippen LogP contribution in [0.5, 0.6) is 0 Å². The van der Waals surface area contributed by atoms with Gasteiger partial charge in [0.2, 0.25) is 0 Å². The molecule has 1 heterocycles. The molecule has 0 radical (unpaired) electrons. The van der Waals surface area contributed by atoms with Crippen LogP contribution in [0, 0.1) is 0 Å². The summed E-state index contributed by atoms with van der Waals surface area (Å²) in [6.45, 7) is 0. The van der Waals surface area contributed by atoms with Gasteiger partial charge in [-0.25, -0.2) is 9.97 Å². The molecule has 0 bridgehead atoms. The second-order valence-electron chi connectivity index (χ2n) is 4.21. The summed E-state index contributed by atoms with van der Waals surface area (Å²) in [6.07, 6.45) is 1.55. The van der Waals surface area contributed by atoms with Crippen molar-refractivity contribution in [1.29, 1.82) is 0 Å². The summed E-state index contributed by atoms with van der Waals surface area (Å²) in [7, 11) is 2.64. The van der Waals surface area contributed by atoms with Gasteiger partial charge in [-0.15, -0.1) is 9.24 Å². The van der Waals surface area contributed by atoms with E-state index in [2.05, 4.69) is 40.5 Å². The number of aromatic nitrogens is 2. The second kappa shape index (κ2) is 5.65. The third-order valence-electron chi connectivity index (χ3n) is 2.90. The molecule has 3 nitrogen and oxygen atoms in total. The second-order valence-corrected chi connectivity index (χ2v) is 6.11. The van der Waals surface area contributed by atoms with Crippen LogP contribution in [-0.2, 0) is 0 Å². The standard InChI is InChI=1S/C14H10BrClN3P/c15-8-4-5-11-9(6-8)14(18-7-17-11)19-12-3-1-2-10(16)13(12)20/h1-7H,20H2,(H,17,18,19). The lowest BCUT2D eigenvalue weighted by atomic mass is 10.2. The van der Waals surface area contributed by atoms with Gasteiger partial charge in [0.05, 0.1) is 5.52 Å². The summed E-state index contributed by atoms with van der Waals surface area (Å²) >= 11 is 9.59. The molecule has 3 aromatic rings. The Morgan fingerprint density at radius 2 is 2.00 bits per heavy atom. The van der Waals surface area contributed by atoms with E-state index in [1.54, 1.807) is 6.33 Å². The average Bonchev–Trinajstić information content (AvgIpc) is 2.44. The molecule has 100 valence electrons. The number of benzene rings is 2. The van der Waals surface area contributed by atoms with E-state index in [9.17, 15) is 0 Å². The van der Waals surface area contributed by atoms with E-state index in [0.717, 1.165) is 32.2 Å². The maximum atomic E-state index is 6.12. The zero-order valence-corrected chi connectivity index (χ0v) is 13.8. The monoisotopic (exact) mass is 365 g/mol. The lowest BCUT2D eigenvalue weighted by Gasteiger charge is -2.11. The third kappa shape index (κ3) is 2.64. The quantitative estimate of drug-likeness (QED) is 0.688. The van der Waals surface area contributed by atoms with Crippen molar-refractivity contribution in [1.82, 2.24) is 9.97 Å². The molecule has 1 unspecified atom stereocenters. The van der Waals surface area contributed by atoms with Gasteiger partial charge in [0.1, 0.15) is 12.1 Å². The van der Waals surface area contributed by atoms with Gasteiger partial charge >= 0.3 is 0 Å². The first-order valence-corrected chi connectivity index (χ1v) is 7.61. The Morgan fingerprint density at radius 1 is 1.15 bits per heavy atom. The predicted molar refractivity (Wildman–Crippen MR) is 91.3 cm³/mol. The Kier molecular flexibility index (Phi) is 3.88. The van der Waals surface area contributed by atoms with Crippen LogP contribution in [0.2, 0.25) is 5.02 Å². The van der Waals surface area contributed by atoms with Crippen molar-refractivity contribution in [2.75, 3.05) is 5.32 Å². The molecule has 20 heavy (non-hydrogen) atoms. The molecular formula is C14H10BrClN3P. The first kappa shape index (κ1) is 13.7. The highest BCUT2D eigenvalue weighted by Gasteiger charge is 2.07. The Morgan fingerprint density at radius 3 is 2.85 bits per heavy atom. The van der Waals surface area contributed by atoms with Gasteiger partial charge in [-0.2, -0.15) is 0 Å². The number of nitrogens with one attached hydrogen (secondary N) is 1. The topological polar surface area (TPSA) is 37.8 Å². The summed E-state index contributed by atoms with van der Waals surface area (Å²) in [4.78, 5) is 8.58. The van der Waals surface area contributed by atoms with Gasteiger partial charge in [-0.05, 0) is 30.3 Å². The van der Waals surface area contributed by atoms with Crippen LogP contribution in [-0.4, -0.2) is 9.97 Å². The van der Waals surface area contributed by atoms with Gasteiger partial charge in [0.15, 0.2) is 0 Å². The summed E-state index contributed by atoms with van der Waals surface area (Å²) in [5, 5.41) is 5.86. The highest BCUT2D eigenvalue weighted by molar-refractivity contribution is 9.10. The van der Waals surface area contributed by atoms with Crippen molar-refractivity contribution in [2.45, 2.75) is 0 Å². The van der Waals surface area contributed by atoms with Crippen molar-refractivity contribution in [3.8, 4) is 0 Å². The highest BCUT2D eigenvalue weighted by atomic mass is 79.9. The highest BCUT2D eigenvalue weighted by Crippen LogP contribution is 2.26. The number of anilines is 2. The lowest BCUT2D eigenvalue weighted by molar-refractivity contribution is 1.22. The van der Waals surface area contributed by atoms with Gasteiger partial charge in [0.25, 0.3) is 0 Å². The minimum absolute atomic E-state index is 0.694. The maximum Gasteiger partial charge on any atom is 0.141 e. The first-order valence-electron chi connectivity index (χ1n) is 5.86. The molecule has 0 aliphatic rings. The summed E-state index contributed by atoms with van der Waals surface area (Å²) in [6, 6.07) is 11.6. The molecule has 0 amide bonds. The molecule has 1 N–H and O–H groups in total. The third-order valence-corrected chi connectivity index (χ3v) is 4.53. The van der Waals surface area contributed by atoms with Crippen LogP contribution in [0.3, 0.4) is 0 Å². The number of fused-ring (bicyclic) bond motifs is 1. The van der Waals surface area contributed by atoms with E-state index < -0.39 is 0 Å². The van der Waals surface area contributed by atoms with Crippen LogP contribution >= 0.6 is 36.8 Å². The van der Waals surface area contributed by atoms with E-state index in [0.29, 0.717) is 5.02 Å². The molecule has 2 aromatic carbocycles. The fraction of sp³-hybridized carbons (Fsp3) is 0. The largest absolute Gasteiger partial charge is 0.339 e. The van der Waals surface area contributed by atoms with Crippen molar-refractivity contribution in [3.63, 3.8) is 0 Å². The minimum atomic E-state index is 0.694. The minimum Gasteiger partial charge on any atom is -0.339 e. The summed E-state index contributed by atoms with van der Waals surface area (Å²) in [5.41, 5.74) is 1.79. The molecule has 0 aliphatic heterocycles.